The largest absolute Gasteiger partial charge is 0.310 e. The minimum absolute atomic E-state index is 0.295. The predicted octanol–water partition coefficient (Wildman–Crippen LogP) is 12.4. The molecule has 0 spiro atoms. The van der Waals surface area contributed by atoms with E-state index >= 15 is 0 Å². The van der Waals surface area contributed by atoms with E-state index in [1.165, 1.54) is 55.3 Å². The van der Waals surface area contributed by atoms with Gasteiger partial charge in [0.05, 0.1) is 5.41 Å². The number of hydrogen-bond donors (Lipinski definition) is 0. The lowest BCUT2D eigenvalue weighted by atomic mass is 9.65. The zero-order chi connectivity index (χ0) is 31.9. The highest BCUT2D eigenvalue weighted by Gasteiger charge is 2.47. The first-order valence-corrected chi connectivity index (χ1v) is 16.9. The summed E-state index contributed by atoms with van der Waals surface area (Å²) in [4.78, 5) is 2.34. The summed E-state index contributed by atoms with van der Waals surface area (Å²) >= 11 is 0. The Morgan fingerprint density at radius 2 is 1.04 bits per heavy atom. The summed E-state index contributed by atoms with van der Waals surface area (Å²) in [6.45, 7) is 0. The molecule has 0 fully saturated rings. The SMILES string of the molecule is C1=CC2=C(CC1)C(c1ccccc1)(c1ccc(-c3ccc(N(c4ccccc4)c4ccc5ccccc5c4)cc3)cc1)c1ccccc12. The summed E-state index contributed by atoms with van der Waals surface area (Å²) in [6.07, 6.45) is 6.83. The van der Waals surface area contributed by atoms with Crippen LogP contribution in [0.5, 0.6) is 0 Å². The van der Waals surface area contributed by atoms with Crippen LogP contribution in [-0.2, 0) is 5.41 Å². The molecule has 0 heterocycles. The number of hydrogen-bond acceptors (Lipinski definition) is 1. The van der Waals surface area contributed by atoms with E-state index in [9.17, 15) is 0 Å². The van der Waals surface area contributed by atoms with E-state index in [2.05, 4.69) is 193 Å². The van der Waals surface area contributed by atoms with Crippen molar-refractivity contribution < 1.29 is 0 Å². The minimum Gasteiger partial charge on any atom is -0.310 e. The summed E-state index contributed by atoms with van der Waals surface area (Å²) in [5.74, 6) is 0. The Labute approximate surface area is 282 Å². The minimum atomic E-state index is -0.295. The molecule has 7 aromatic rings. The van der Waals surface area contributed by atoms with Crippen LogP contribution in [0.1, 0.15) is 35.1 Å². The molecule has 0 bridgehead atoms. The number of benzene rings is 7. The van der Waals surface area contributed by atoms with Crippen molar-refractivity contribution in [2.24, 2.45) is 0 Å². The molecule has 0 saturated heterocycles. The van der Waals surface area contributed by atoms with Gasteiger partial charge in [-0.05, 0) is 105 Å². The number of allylic oxidation sites excluding steroid dienone is 4. The highest BCUT2D eigenvalue weighted by molar-refractivity contribution is 5.91. The Bertz CT molecular complexity index is 2310. The number of fused-ring (bicyclic) bond motifs is 3. The first kappa shape index (κ1) is 28.3. The van der Waals surface area contributed by atoms with Crippen LogP contribution in [0.4, 0.5) is 17.1 Å². The highest BCUT2D eigenvalue weighted by atomic mass is 15.1. The van der Waals surface area contributed by atoms with Crippen molar-refractivity contribution in [1.29, 1.82) is 0 Å². The third-order valence-electron chi connectivity index (χ3n) is 10.2. The van der Waals surface area contributed by atoms with Crippen LogP contribution in [0, 0.1) is 0 Å². The van der Waals surface area contributed by atoms with Gasteiger partial charge in [-0.15, -0.1) is 0 Å². The maximum Gasteiger partial charge on any atom is 0.0676 e. The summed E-state index contributed by atoms with van der Waals surface area (Å²) < 4.78 is 0. The molecule has 0 amide bonds. The molecule has 0 N–H and O–H groups in total. The van der Waals surface area contributed by atoms with Gasteiger partial charge in [-0.1, -0.05) is 152 Å². The Balaban J connectivity index is 1.11. The Hall–Kier alpha value is -5.92. The standard InChI is InChI=1S/C47H35N/c1-3-15-38(16-4-1)47(45-21-11-9-19-43(45)44-20-10-12-22-46(44)47)39-28-23-35(24-29-39)36-25-30-41(31-26-36)48(40-17-5-2-6-18-40)42-32-27-34-13-7-8-14-37(34)33-42/h1-11,13-21,23-33H,12,22H2. The summed E-state index contributed by atoms with van der Waals surface area (Å²) in [5, 5.41) is 2.48. The maximum atomic E-state index is 2.37. The fraction of sp³-hybridized carbons (Fsp3) is 0.0638. The molecule has 1 heteroatoms. The maximum absolute atomic E-state index is 2.37. The number of rotatable bonds is 6. The zero-order valence-electron chi connectivity index (χ0n) is 26.8. The molecular formula is C47H35N. The van der Waals surface area contributed by atoms with Crippen molar-refractivity contribution >= 4 is 33.4 Å². The molecule has 0 radical (unpaired) electrons. The second-order valence-corrected chi connectivity index (χ2v) is 12.8. The summed E-state index contributed by atoms with van der Waals surface area (Å²) in [6, 6.07) is 64.4. The Morgan fingerprint density at radius 1 is 0.458 bits per heavy atom. The molecule has 2 aliphatic rings. The average Bonchev–Trinajstić information content (AvgIpc) is 3.47. The van der Waals surface area contributed by atoms with E-state index in [0.717, 1.165) is 29.9 Å². The summed E-state index contributed by atoms with van der Waals surface area (Å²) in [7, 11) is 0. The molecule has 1 unspecified atom stereocenters. The van der Waals surface area contributed by atoms with Gasteiger partial charge in [0.25, 0.3) is 0 Å². The van der Waals surface area contributed by atoms with Crippen LogP contribution < -0.4 is 4.90 Å². The predicted molar refractivity (Wildman–Crippen MR) is 202 cm³/mol. The van der Waals surface area contributed by atoms with Gasteiger partial charge in [0.15, 0.2) is 0 Å². The molecule has 1 nitrogen and oxygen atoms in total. The Kier molecular flexibility index (Phi) is 6.91. The molecule has 0 aliphatic heterocycles. The van der Waals surface area contributed by atoms with Gasteiger partial charge in [0, 0.05) is 17.1 Å². The second kappa shape index (κ2) is 11.7. The van der Waals surface area contributed by atoms with Crippen molar-refractivity contribution in [2.45, 2.75) is 18.3 Å². The molecular weight excluding hydrogens is 579 g/mol. The molecule has 228 valence electrons. The lowest BCUT2D eigenvalue weighted by Gasteiger charge is -2.36. The first-order valence-electron chi connectivity index (χ1n) is 16.9. The molecule has 0 aromatic heterocycles. The Morgan fingerprint density at radius 3 is 1.81 bits per heavy atom. The molecule has 1 atom stereocenters. The van der Waals surface area contributed by atoms with Crippen molar-refractivity contribution in [3.63, 3.8) is 0 Å². The fourth-order valence-electron chi connectivity index (χ4n) is 8.08. The van der Waals surface area contributed by atoms with Gasteiger partial charge in [0.2, 0.25) is 0 Å². The monoisotopic (exact) mass is 613 g/mol. The van der Waals surface area contributed by atoms with Crippen LogP contribution in [-0.4, -0.2) is 0 Å². The average molecular weight is 614 g/mol. The topological polar surface area (TPSA) is 3.24 Å². The van der Waals surface area contributed by atoms with Crippen molar-refractivity contribution in [2.75, 3.05) is 4.90 Å². The molecule has 2 aliphatic carbocycles. The van der Waals surface area contributed by atoms with Gasteiger partial charge >= 0.3 is 0 Å². The van der Waals surface area contributed by atoms with Crippen LogP contribution in [0.25, 0.3) is 27.5 Å². The third-order valence-corrected chi connectivity index (χ3v) is 10.2. The molecule has 48 heavy (non-hydrogen) atoms. The van der Waals surface area contributed by atoms with Crippen LogP contribution in [0.2, 0.25) is 0 Å². The smallest absolute Gasteiger partial charge is 0.0676 e. The van der Waals surface area contributed by atoms with Crippen molar-refractivity contribution in [3.8, 4) is 11.1 Å². The normalized spacial score (nSPS) is 16.5. The summed E-state index contributed by atoms with van der Waals surface area (Å²) in [5.41, 5.74) is 13.9. The first-order chi connectivity index (χ1) is 23.8. The van der Waals surface area contributed by atoms with Gasteiger partial charge < -0.3 is 4.90 Å². The van der Waals surface area contributed by atoms with Gasteiger partial charge in [-0.3, -0.25) is 0 Å². The van der Waals surface area contributed by atoms with Crippen molar-refractivity contribution in [3.05, 3.63) is 216 Å². The van der Waals surface area contributed by atoms with Gasteiger partial charge in [0.1, 0.15) is 0 Å². The number of para-hydroxylation sites is 1. The molecule has 0 saturated carbocycles. The van der Waals surface area contributed by atoms with Crippen LogP contribution in [0.3, 0.4) is 0 Å². The van der Waals surface area contributed by atoms with Crippen LogP contribution >= 0.6 is 0 Å². The second-order valence-electron chi connectivity index (χ2n) is 12.8. The van der Waals surface area contributed by atoms with E-state index in [1.54, 1.807) is 0 Å². The number of anilines is 3. The van der Waals surface area contributed by atoms with E-state index in [4.69, 9.17) is 0 Å². The molecule has 9 rings (SSSR count). The van der Waals surface area contributed by atoms with Gasteiger partial charge in [-0.2, -0.15) is 0 Å². The van der Waals surface area contributed by atoms with Crippen molar-refractivity contribution in [1.82, 2.24) is 0 Å². The van der Waals surface area contributed by atoms with E-state index in [1.807, 2.05) is 0 Å². The zero-order valence-corrected chi connectivity index (χ0v) is 26.8. The quantitative estimate of drug-likeness (QED) is 0.180. The van der Waals surface area contributed by atoms with E-state index < -0.39 is 0 Å². The highest BCUT2D eigenvalue weighted by Crippen LogP contribution is 2.57. The van der Waals surface area contributed by atoms with Crippen LogP contribution in [0.15, 0.2) is 194 Å². The number of nitrogens with zero attached hydrogens (tertiary/aromatic N) is 1. The van der Waals surface area contributed by atoms with E-state index in [0.29, 0.717) is 0 Å². The lowest BCUT2D eigenvalue weighted by molar-refractivity contribution is 0.696. The van der Waals surface area contributed by atoms with E-state index in [-0.39, 0.29) is 5.41 Å². The lowest BCUT2D eigenvalue weighted by Crippen LogP contribution is -2.30. The van der Waals surface area contributed by atoms with Gasteiger partial charge in [-0.25, -0.2) is 0 Å². The molecule has 7 aromatic carbocycles. The third kappa shape index (κ3) is 4.54. The fourth-order valence-corrected chi connectivity index (χ4v) is 8.08.